The van der Waals surface area contributed by atoms with Gasteiger partial charge in [-0.2, -0.15) is 0 Å². The Bertz CT molecular complexity index is 513. The van der Waals surface area contributed by atoms with Crippen molar-refractivity contribution in [3.05, 3.63) is 29.1 Å². The van der Waals surface area contributed by atoms with Crippen LogP contribution in [0, 0.1) is 5.82 Å². The average Bonchev–Trinajstić information content (AvgIpc) is 2.70. The fourth-order valence-electron chi connectivity index (χ4n) is 4.31. The highest BCUT2D eigenvalue weighted by Crippen LogP contribution is 2.52. The standard InChI is InChI=1S/C15H19FN2/c1-15-7-12-9(3-2-6-17-12)13-10(16)4-5-11(14(13)15)18-8-15/h4-5,9,12,17-18H,2-3,6-8H2,1H3/t9-,12+,15?/m0/s1. The van der Waals surface area contributed by atoms with Gasteiger partial charge in [0.2, 0.25) is 0 Å². The highest BCUT2D eigenvalue weighted by Gasteiger charge is 2.47. The van der Waals surface area contributed by atoms with Crippen LogP contribution in [-0.4, -0.2) is 19.1 Å². The zero-order chi connectivity index (χ0) is 12.3. The van der Waals surface area contributed by atoms with Crippen molar-refractivity contribution in [1.82, 2.24) is 5.32 Å². The zero-order valence-corrected chi connectivity index (χ0v) is 10.7. The summed E-state index contributed by atoms with van der Waals surface area (Å²) in [5, 5.41) is 7.07. The van der Waals surface area contributed by atoms with Gasteiger partial charge in [0, 0.05) is 29.6 Å². The molecular formula is C15H19FN2. The first-order valence-electron chi connectivity index (χ1n) is 6.99. The molecule has 3 aliphatic rings. The predicted molar refractivity (Wildman–Crippen MR) is 70.6 cm³/mol. The van der Waals surface area contributed by atoms with Gasteiger partial charge in [-0.3, -0.25) is 0 Å². The fraction of sp³-hybridized carbons (Fsp3) is 0.600. The quantitative estimate of drug-likeness (QED) is 0.735. The van der Waals surface area contributed by atoms with Crippen LogP contribution in [0.4, 0.5) is 10.1 Å². The molecule has 3 atom stereocenters. The largest absolute Gasteiger partial charge is 0.384 e. The van der Waals surface area contributed by atoms with Crippen LogP contribution in [-0.2, 0) is 5.41 Å². The van der Waals surface area contributed by atoms with E-state index < -0.39 is 0 Å². The van der Waals surface area contributed by atoms with E-state index in [0.29, 0.717) is 12.0 Å². The fourth-order valence-corrected chi connectivity index (χ4v) is 4.31. The van der Waals surface area contributed by atoms with Gasteiger partial charge in [0.1, 0.15) is 5.82 Å². The molecule has 1 saturated heterocycles. The summed E-state index contributed by atoms with van der Waals surface area (Å²) in [5.41, 5.74) is 3.55. The lowest BCUT2D eigenvalue weighted by Gasteiger charge is -2.44. The van der Waals surface area contributed by atoms with Gasteiger partial charge in [-0.15, -0.1) is 0 Å². The number of anilines is 1. The van der Waals surface area contributed by atoms with Gasteiger partial charge in [0.25, 0.3) is 0 Å². The maximum absolute atomic E-state index is 14.3. The number of rotatable bonds is 0. The molecule has 2 nitrogen and oxygen atoms in total. The minimum atomic E-state index is 0.00192. The molecule has 0 saturated carbocycles. The van der Waals surface area contributed by atoms with Crippen LogP contribution in [0.5, 0.6) is 0 Å². The van der Waals surface area contributed by atoms with Crippen molar-refractivity contribution in [3.8, 4) is 0 Å². The van der Waals surface area contributed by atoms with Crippen LogP contribution in [0.3, 0.4) is 0 Å². The van der Waals surface area contributed by atoms with Crippen LogP contribution in [0.25, 0.3) is 0 Å². The van der Waals surface area contributed by atoms with Gasteiger partial charge in [-0.1, -0.05) is 6.92 Å². The van der Waals surface area contributed by atoms with Crippen LogP contribution in [0.1, 0.15) is 43.2 Å². The summed E-state index contributed by atoms with van der Waals surface area (Å²) in [6, 6.07) is 4.01. The minimum absolute atomic E-state index is 0.00192. The molecule has 2 heterocycles. The maximum Gasteiger partial charge on any atom is 0.127 e. The van der Waals surface area contributed by atoms with E-state index in [1.807, 2.05) is 6.07 Å². The summed E-state index contributed by atoms with van der Waals surface area (Å²) in [4.78, 5) is 0. The summed E-state index contributed by atoms with van der Waals surface area (Å²) < 4.78 is 14.3. The molecule has 3 heteroatoms. The Morgan fingerprint density at radius 2 is 2.28 bits per heavy atom. The third kappa shape index (κ3) is 1.26. The summed E-state index contributed by atoms with van der Waals surface area (Å²) in [7, 11) is 0. The second kappa shape index (κ2) is 3.47. The summed E-state index contributed by atoms with van der Waals surface area (Å²) in [6.45, 7) is 4.31. The molecule has 1 aromatic carbocycles. The Labute approximate surface area is 107 Å². The molecule has 96 valence electrons. The highest BCUT2D eigenvalue weighted by atomic mass is 19.1. The van der Waals surface area contributed by atoms with E-state index >= 15 is 0 Å². The van der Waals surface area contributed by atoms with Gasteiger partial charge in [-0.05, 0) is 49.1 Å². The van der Waals surface area contributed by atoms with Crippen LogP contribution >= 0.6 is 0 Å². The zero-order valence-electron chi connectivity index (χ0n) is 10.7. The van der Waals surface area contributed by atoms with Crippen molar-refractivity contribution < 1.29 is 4.39 Å². The van der Waals surface area contributed by atoms with Crippen LogP contribution < -0.4 is 10.6 Å². The molecule has 1 aromatic rings. The van der Waals surface area contributed by atoms with Crippen molar-refractivity contribution >= 4 is 5.69 Å². The second-order valence-electron chi connectivity index (χ2n) is 6.31. The summed E-state index contributed by atoms with van der Waals surface area (Å²) >= 11 is 0. The molecule has 0 amide bonds. The molecule has 1 fully saturated rings. The Kier molecular flexibility index (Phi) is 2.08. The SMILES string of the molecule is CC12CNc3ccc(F)c(c31)[C@H]1CCCN[C@@H]1C2. The monoisotopic (exact) mass is 246 g/mol. The number of halogens is 1. The number of hydrogen-bond acceptors (Lipinski definition) is 2. The van der Waals surface area contributed by atoms with Crippen molar-refractivity contribution in [2.45, 2.75) is 43.6 Å². The first-order chi connectivity index (χ1) is 8.69. The van der Waals surface area contributed by atoms with Gasteiger partial charge in [-0.25, -0.2) is 4.39 Å². The second-order valence-corrected chi connectivity index (χ2v) is 6.31. The average molecular weight is 246 g/mol. The Balaban J connectivity index is 1.95. The molecule has 2 aliphatic heterocycles. The molecule has 0 spiro atoms. The first-order valence-corrected chi connectivity index (χ1v) is 6.99. The molecule has 18 heavy (non-hydrogen) atoms. The Morgan fingerprint density at radius 1 is 1.39 bits per heavy atom. The van der Waals surface area contributed by atoms with E-state index in [-0.39, 0.29) is 11.2 Å². The lowest BCUT2D eigenvalue weighted by molar-refractivity contribution is 0.255. The smallest absolute Gasteiger partial charge is 0.127 e. The third-order valence-electron chi connectivity index (χ3n) is 5.09. The van der Waals surface area contributed by atoms with Gasteiger partial charge in [0.15, 0.2) is 0 Å². The Hall–Kier alpha value is -1.09. The number of nitrogens with one attached hydrogen (secondary N) is 2. The molecular weight excluding hydrogens is 227 g/mol. The van der Waals surface area contributed by atoms with Crippen molar-refractivity contribution in [2.24, 2.45) is 0 Å². The van der Waals surface area contributed by atoms with Gasteiger partial charge < -0.3 is 10.6 Å². The molecule has 1 aliphatic carbocycles. The minimum Gasteiger partial charge on any atom is -0.384 e. The number of hydrogen-bond donors (Lipinski definition) is 2. The topological polar surface area (TPSA) is 24.1 Å². The number of fused-ring (bicyclic) bond motifs is 2. The van der Waals surface area contributed by atoms with Gasteiger partial charge in [0.05, 0.1) is 0 Å². The van der Waals surface area contributed by atoms with E-state index in [1.54, 1.807) is 6.07 Å². The van der Waals surface area contributed by atoms with Gasteiger partial charge >= 0.3 is 0 Å². The highest BCUT2D eigenvalue weighted by molar-refractivity contribution is 5.65. The van der Waals surface area contributed by atoms with E-state index in [4.69, 9.17) is 0 Å². The number of piperidine rings is 1. The molecule has 1 unspecified atom stereocenters. The third-order valence-corrected chi connectivity index (χ3v) is 5.09. The van der Waals surface area contributed by atoms with Crippen LogP contribution in [0.15, 0.2) is 12.1 Å². The van der Waals surface area contributed by atoms with E-state index in [9.17, 15) is 4.39 Å². The van der Waals surface area contributed by atoms with E-state index in [0.717, 1.165) is 43.6 Å². The summed E-state index contributed by atoms with van der Waals surface area (Å²) in [6.07, 6.45) is 3.42. The molecule has 0 radical (unpaired) electrons. The van der Waals surface area contributed by atoms with Crippen molar-refractivity contribution in [1.29, 1.82) is 0 Å². The molecule has 4 rings (SSSR count). The van der Waals surface area contributed by atoms with Crippen LogP contribution in [0.2, 0.25) is 0 Å². The Morgan fingerprint density at radius 3 is 3.17 bits per heavy atom. The van der Waals surface area contributed by atoms with Crippen molar-refractivity contribution in [2.75, 3.05) is 18.4 Å². The molecule has 0 aromatic heterocycles. The normalized spacial score (nSPS) is 36.8. The first kappa shape index (κ1) is 10.8. The predicted octanol–water partition coefficient (Wildman–Crippen LogP) is 2.75. The van der Waals surface area contributed by atoms with E-state index in [2.05, 4.69) is 17.6 Å². The lowest BCUT2D eigenvalue weighted by Crippen LogP contribution is -2.49. The van der Waals surface area contributed by atoms with Crippen molar-refractivity contribution in [3.63, 3.8) is 0 Å². The molecule has 2 N–H and O–H groups in total. The number of benzene rings is 1. The molecule has 0 bridgehead atoms. The van der Waals surface area contributed by atoms with E-state index in [1.165, 1.54) is 5.56 Å². The lowest BCUT2D eigenvalue weighted by atomic mass is 9.64. The maximum atomic E-state index is 14.3. The summed E-state index contributed by atoms with van der Waals surface area (Å²) in [5.74, 6) is 0.378.